The highest BCUT2D eigenvalue weighted by molar-refractivity contribution is 7.14. The monoisotopic (exact) mass is 423 g/mol. The Kier molecular flexibility index (Phi) is 5.64. The van der Waals surface area contributed by atoms with Crippen LogP contribution in [0.25, 0.3) is 11.3 Å². The molecule has 0 aliphatic rings. The largest absolute Gasteiger partial charge is 0.447 e. The minimum absolute atomic E-state index is 0.145. The summed E-state index contributed by atoms with van der Waals surface area (Å²) in [6.07, 6.45) is -1.26. The van der Waals surface area contributed by atoms with E-state index in [1.807, 2.05) is 0 Å². The van der Waals surface area contributed by atoms with Gasteiger partial charge in [0.1, 0.15) is 4.92 Å². The van der Waals surface area contributed by atoms with Crippen molar-refractivity contribution >= 4 is 34.2 Å². The number of carbonyl (C=O) groups is 2. The molecule has 3 aromatic rings. The van der Waals surface area contributed by atoms with E-state index >= 15 is 0 Å². The third-order valence-corrected chi connectivity index (χ3v) is 4.33. The van der Waals surface area contributed by atoms with Gasteiger partial charge in [-0.05, 0) is 31.2 Å². The van der Waals surface area contributed by atoms with Gasteiger partial charge in [-0.2, -0.15) is 0 Å². The zero-order valence-electron chi connectivity index (χ0n) is 14.5. The Morgan fingerprint density at radius 1 is 1.28 bits per heavy atom. The van der Waals surface area contributed by atoms with Gasteiger partial charge in [-0.3, -0.25) is 20.2 Å². The highest BCUT2D eigenvalue weighted by Crippen LogP contribution is 2.26. The summed E-state index contributed by atoms with van der Waals surface area (Å²) in [6, 6.07) is 5.31. The van der Waals surface area contributed by atoms with Crippen LogP contribution in [-0.4, -0.2) is 27.9 Å². The molecule has 2 heterocycles. The van der Waals surface area contributed by atoms with Crippen molar-refractivity contribution in [3.05, 3.63) is 63.2 Å². The summed E-state index contributed by atoms with van der Waals surface area (Å²) in [5.41, 5.74) is 0.635. The number of halogens is 2. The maximum atomic E-state index is 13.3. The molecule has 12 heteroatoms. The SMILES string of the molecule is C[C@@H](OC(=O)c1ccc([N+](=O)[O-])o1)C(=O)Nc1nc(-c2ccc(F)c(F)c2)cs1. The molecule has 0 aliphatic carbocycles. The van der Waals surface area contributed by atoms with Gasteiger partial charge in [0.05, 0.1) is 11.8 Å². The Labute approximate surface area is 165 Å². The molecule has 1 N–H and O–H groups in total. The molecule has 1 aromatic carbocycles. The molecule has 0 saturated heterocycles. The van der Waals surface area contributed by atoms with Gasteiger partial charge in [-0.15, -0.1) is 11.3 Å². The van der Waals surface area contributed by atoms with Crippen LogP contribution < -0.4 is 5.32 Å². The Hall–Kier alpha value is -3.67. The number of carbonyl (C=O) groups excluding carboxylic acids is 2. The number of nitrogens with one attached hydrogen (secondary N) is 1. The van der Waals surface area contributed by atoms with Gasteiger partial charge in [-0.1, -0.05) is 0 Å². The van der Waals surface area contributed by atoms with Crippen molar-refractivity contribution in [2.75, 3.05) is 5.32 Å². The summed E-state index contributed by atoms with van der Waals surface area (Å²) in [4.78, 5) is 37.9. The zero-order chi connectivity index (χ0) is 21.1. The smallest absolute Gasteiger partial charge is 0.433 e. The summed E-state index contributed by atoms with van der Waals surface area (Å²) in [6.45, 7) is 1.29. The first-order valence-corrected chi connectivity index (χ1v) is 8.79. The maximum absolute atomic E-state index is 13.3. The van der Waals surface area contributed by atoms with Crippen LogP contribution in [0.1, 0.15) is 17.5 Å². The quantitative estimate of drug-likeness (QED) is 0.363. The van der Waals surface area contributed by atoms with Gasteiger partial charge in [-0.25, -0.2) is 18.6 Å². The number of rotatable bonds is 6. The lowest BCUT2D eigenvalue weighted by Gasteiger charge is -2.11. The number of benzene rings is 1. The number of aromatic nitrogens is 1. The van der Waals surface area contributed by atoms with E-state index in [4.69, 9.17) is 9.15 Å². The summed E-state index contributed by atoms with van der Waals surface area (Å²) < 4.78 is 36.0. The van der Waals surface area contributed by atoms with Crippen LogP contribution in [0.2, 0.25) is 0 Å². The van der Waals surface area contributed by atoms with E-state index in [0.29, 0.717) is 11.3 Å². The van der Waals surface area contributed by atoms with Gasteiger partial charge in [0.2, 0.25) is 5.76 Å². The number of furan rings is 1. The van der Waals surface area contributed by atoms with E-state index < -0.39 is 46.2 Å². The van der Waals surface area contributed by atoms with Crippen LogP contribution in [-0.2, 0) is 9.53 Å². The Morgan fingerprint density at radius 2 is 2.03 bits per heavy atom. The van der Waals surface area contributed by atoms with Gasteiger partial charge in [0.15, 0.2) is 22.9 Å². The van der Waals surface area contributed by atoms with Gasteiger partial charge in [0, 0.05) is 10.9 Å². The Bertz CT molecular complexity index is 1100. The van der Waals surface area contributed by atoms with E-state index in [-0.39, 0.29) is 5.13 Å². The second-order valence-corrected chi connectivity index (χ2v) is 6.46. The fraction of sp³-hybridized carbons (Fsp3) is 0.118. The number of ether oxygens (including phenoxy) is 1. The van der Waals surface area contributed by atoms with Gasteiger partial charge in [0.25, 0.3) is 5.91 Å². The molecule has 150 valence electrons. The molecule has 9 nitrogen and oxygen atoms in total. The van der Waals surface area contributed by atoms with E-state index in [9.17, 15) is 28.5 Å². The number of esters is 1. The number of nitro groups is 1. The molecule has 0 bridgehead atoms. The van der Waals surface area contributed by atoms with Crippen molar-refractivity contribution in [3.63, 3.8) is 0 Å². The topological polar surface area (TPSA) is 125 Å². The van der Waals surface area contributed by atoms with Crippen LogP contribution in [0.5, 0.6) is 0 Å². The second-order valence-electron chi connectivity index (χ2n) is 5.60. The van der Waals surface area contributed by atoms with E-state index in [1.165, 1.54) is 18.4 Å². The maximum Gasteiger partial charge on any atom is 0.433 e. The van der Waals surface area contributed by atoms with E-state index in [2.05, 4.69) is 10.3 Å². The molecule has 0 radical (unpaired) electrons. The zero-order valence-corrected chi connectivity index (χ0v) is 15.4. The standard InChI is InChI=1S/C17H11F2N3O6S/c1-8(27-16(24)13-4-5-14(28-13)22(25)26)15(23)21-17-20-12(7-29-17)9-2-3-10(18)11(19)6-9/h2-8H,1H3,(H,20,21,23)/t8-/m1/s1. The molecular formula is C17H11F2N3O6S. The molecule has 29 heavy (non-hydrogen) atoms. The van der Waals surface area contributed by atoms with E-state index in [0.717, 1.165) is 35.6 Å². The minimum Gasteiger partial charge on any atom is -0.447 e. The normalized spacial score (nSPS) is 11.7. The lowest BCUT2D eigenvalue weighted by molar-refractivity contribution is -0.402. The molecule has 1 amide bonds. The van der Waals surface area contributed by atoms with Crippen molar-refractivity contribution in [1.82, 2.24) is 4.98 Å². The summed E-state index contributed by atoms with van der Waals surface area (Å²) in [7, 11) is 0. The first-order valence-electron chi connectivity index (χ1n) is 7.91. The number of amides is 1. The first-order chi connectivity index (χ1) is 13.7. The molecule has 0 fully saturated rings. The second kappa shape index (κ2) is 8.14. The van der Waals surface area contributed by atoms with Crippen molar-refractivity contribution in [3.8, 4) is 11.3 Å². The molecule has 3 rings (SSSR count). The van der Waals surface area contributed by atoms with Crippen molar-refractivity contribution in [1.29, 1.82) is 0 Å². The van der Waals surface area contributed by atoms with Crippen molar-refractivity contribution in [2.45, 2.75) is 13.0 Å². The highest BCUT2D eigenvalue weighted by Gasteiger charge is 2.24. The predicted octanol–water partition coefficient (Wildman–Crippen LogP) is 3.77. The summed E-state index contributed by atoms with van der Waals surface area (Å²) in [5.74, 6) is -4.85. The lowest BCUT2D eigenvalue weighted by Crippen LogP contribution is -2.29. The van der Waals surface area contributed by atoms with Crippen LogP contribution in [0.15, 0.2) is 40.1 Å². The average molecular weight is 423 g/mol. The molecule has 0 spiro atoms. The fourth-order valence-electron chi connectivity index (χ4n) is 2.13. The average Bonchev–Trinajstić information content (AvgIpc) is 3.33. The van der Waals surface area contributed by atoms with Gasteiger partial charge < -0.3 is 9.15 Å². The van der Waals surface area contributed by atoms with E-state index in [1.54, 1.807) is 0 Å². The molecule has 0 aliphatic heterocycles. The first kappa shape index (κ1) is 20.1. The number of hydrogen-bond donors (Lipinski definition) is 1. The predicted molar refractivity (Wildman–Crippen MR) is 96.3 cm³/mol. The van der Waals surface area contributed by atoms with Crippen LogP contribution >= 0.6 is 11.3 Å². The summed E-state index contributed by atoms with van der Waals surface area (Å²) in [5, 5.41) is 14.7. The highest BCUT2D eigenvalue weighted by atomic mass is 32.1. The number of anilines is 1. The molecule has 1 atom stereocenters. The molecule has 2 aromatic heterocycles. The third kappa shape index (κ3) is 4.60. The summed E-state index contributed by atoms with van der Waals surface area (Å²) >= 11 is 1.03. The lowest BCUT2D eigenvalue weighted by atomic mass is 10.2. The number of nitrogens with zero attached hydrogens (tertiary/aromatic N) is 2. The van der Waals surface area contributed by atoms with Crippen molar-refractivity contribution < 1.29 is 32.4 Å². The minimum atomic E-state index is -1.26. The van der Waals surface area contributed by atoms with Crippen molar-refractivity contribution in [2.24, 2.45) is 0 Å². The Balaban J connectivity index is 1.62. The van der Waals surface area contributed by atoms with Crippen LogP contribution in [0.4, 0.5) is 19.8 Å². The fourth-order valence-corrected chi connectivity index (χ4v) is 2.86. The molecule has 0 unspecified atom stereocenters. The van der Waals surface area contributed by atoms with Crippen LogP contribution in [0.3, 0.4) is 0 Å². The molecular weight excluding hydrogens is 412 g/mol. The van der Waals surface area contributed by atoms with Gasteiger partial charge >= 0.3 is 11.9 Å². The molecule has 0 saturated carbocycles. The van der Waals surface area contributed by atoms with Crippen LogP contribution in [0, 0.1) is 21.7 Å². The third-order valence-electron chi connectivity index (χ3n) is 3.58. The Morgan fingerprint density at radius 3 is 2.69 bits per heavy atom. The number of hydrogen-bond acceptors (Lipinski definition) is 8. The number of thiazole rings is 1.